The Balaban J connectivity index is 0.000000854. The van der Waals surface area contributed by atoms with Crippen LogP contribution >= 0.6 is 11.8 Å². The first-order chi connectivity index (χ1) is 20.6. The Morgan fingerprint density at radius 3 is 2.13 bits per heavy atom. The molecule has 3 amide bonds. The molecule has 0 spiro atoms. The Morgan fingerprint density at radius 2 is 1.60 bits per heavy atom. The fourth-order valence-corrected chi connectivity index (χ4v) is 9.44. The van der Waals surface area contributed by atoms with Gasteiger partial charge in [-0.2, -0.15) is 8.42 Å². The number of esters is 2. The normalized spacial score (nSPS) is 29.1. The number of carbonyl (C=O) groups excluding carboxylic acids is 5. The SMILES string of the molecule is CC1(C)S[C@@H]2[C@H](NC(=O)C(N)c3ccccc3)C(=O)N2[C@H]1C(=O)OCOC(=O)[C@@H]1N2C(=O)C[C@H]2S(=O)(=O)C1(C)C.CS(=O)(=O)O. The zero-order chi connectivity index (χ0) is 33.9. The maximum absolute atomic E-state index is 13.0. The molecule has 1 aromatic rings. The molecule has 1 unspecified atom stereocenters. The van der Waals surface area contributed by atoms with Gasteiger partial charge in [0.15, 0.2) is 9.84 Å². The third kappa shape index (κ3) is 6.27. The molecule has 0 aliphatic carbocycles. The van der Waals surface area contributed by atoms with Gasteiger partial charge in [0, 0.05) is 4.75 Å². The lowest BCUT2D eigenvalue weighted by atomic mass is 9.95. The van der Waals surface area contributed by atoms with Crippen molar-refractivity contribution in [2.45, 2.75) is 78.5 Å². The lowest BCUT2D eigenvalue weighted by Crippen LogP contribution is -2.71. The van der Waals surface area contributed by atoms with Crippen molar-refractivity contribution in [2.24, 2.45) is 5.73 Å². The standard InChI is InChI=1S/C25H30N4O9S2.CH4O3S/c1-24(2)17(29-20(32)16(21(29)39-24)27-19(31)15(26)12-8-6-5-7-9-12)22(33)37-11-38-23(34)18-25(3,4)40(35,36)14-10-13(30)28(14)18;1-5(2,3)4/h5-9,14-18,21H,10-11,26H2,1-4H3,(H,27,31);1H3,(H,2,3,4)/t14-,15?,16-,17+,18+,21-;/m1./s1. The molecule has 5 rings (SSSR count). The van der Waals surface area contributed by atoms with E-state index in [2.05, 4.69) is 5.32 Å². The number of β-lactam (4-membered cyclic amide) rings is 2. The summed E-state index contributed by atoms with van der Waals surface area (Å²) in [6.07, 6.45) is 0.524. The number of amides is 3. The summed E-state index contributed by atoms with van der Waals surface area (Å²) in [5.41, 5.74) is 6.64. The fourth-order valence-electron chi connectivity index (χ4n) is 5.69. The molecule has 16 nitrogen and oxygen atoms in total. The summed E-state index contributed by atoms with van der Waals surface area (Å²) in [5.74, 6) is -3.32. The van der Waals surface area contributed by atoms with Crippen LogP contribution in [0.15, 0.2) is 30.3 Å². The highest BCUT2D eigenvalue weighted by molar-refractivity contribution is 8.01. The Bertz CT molecular complexity index is 1620. The highest BCUT2D eigenvalue weighted by Crippen LogP contribution is 2.51. The molecule has 4 aliphatic rings. The van der Waals surface area contributed by atoms with Crippen molar-refractivity contribution in [3.05, 3.63) is 35.9 Å². The van der Waals surface area contributed by atoms with Gasteiger partial charge in [-0.3, -0.25) is 18.9 Å². The van der Waals surface area contributed by atoms with Gasteiger partial charge in [-0.15, -0.1) is 11.8 Å². The molecule has 248 valence electrons. The van der Waals surface area contributed by atoms with E-state index in [0.29, 0.717) is 11.8 Å². The van der Waals surface area contributed by atoms with Crippen molar-refractivity contribution in [3.63, 3.8) is 0 Å². The number of fused-ring (bicyclic) bond motifs is 2. The highest BCUT2D eigenvalue weighted by atomic mass is 32.2. The number of nitrogens with zero attached hydrogens (tertiary/aromatic N) is 2. The second kappa shape index (κ2) is 11.8. The van der Waals surface area contributed by atoms with E-state index in [9.17, 15) is 40.8 Å². The quantitative estimate of drug-likeness (QED) is 0.134. The molecule has 4 heterocycles. The van der Waals surface area contributed by atoms with Crippen LogP contribution < -0.4 is 11.1 Å². The van der Waals surface area contributed by atoms with Gasteiger partial charge in [-0.1, -0.05) is 30.3 Å². The van der Waals surface area contributed by atoms with E-state index in [1.165, 1.54) is 30.5 Å². The lowest BCUT2D eigenvalue weighted by Gasteiger charge is -2.44. The van der Waals surface area contributed by atoms with E-state index in [0.717, 1.165) is 4.90 Å². The van der Waals surface area contributed by atoms with Crippen molar-refractivity contribution < 1.29 is 54.8 Å². The van der Waals surface area contributed by atoms with Crippen molar-refractivity contribution in [2.75, 3.05) is 13.0 Å². The van der Waals surface area contributed by atoms with Crippen LogP contribution in [0, 0.1) is 0 Å². The van der Waals surface area contributed by atoms with E-state index in [1.807, 2.05) is 0 Å². The first-order valence-corrected chi connectivity index (χ1v) is 17.8. The average molecular weight is 691 g/mol. The maximum atomic E-state index is 13.0. The van der Waals surface area contributed by atoms with Gasteiger partial charge in [-0.25, -0.2) is 18.0 Å². The number of thioether (sulfide) groups is 1. The first-order valence-electron chi connectivity index (χ1n) is 13.5. The molecule has 45 heavy (non-hydrogen) atoms. The van der Waals surface area contributed by atoms with Gasteiger partial charge in [0.05, 0.1) is 17.4 Å². The number of benzene rings is 1. The van der Waals surface area contributed by atoms with E-state index in [1.54, 1.807) is 44.2 Å². The van der Waals surface area contributed by atoms with E-state index < -0.39 is 101 Å². The summed E-state index contributed by atoms with van der Waals surface area (Å²) in [7, 11) is -7.46. The zero-order valence-electron chi connectivity index (χ0n) is 24.9. The van der Waals surface area contributed by atoms with Crippen molar-refractivity contribution >= 4 is 61.4 Å². The summed E-state index contributed by atoms with van der Waals surface area (Å²) in [5, 5.41) is 1.07. The molecule has 0 bridgehead atoms. The van der Waals surface area contributed by atoms with Crippen molar-refractivity contribution in [3.8, 4) is 0 Å². The molecule has 0 aromatic heterocycles. The molecule has 1 aromatic carbocycles. The van der Waals surface area contributed by atoms with Crippen LogP contribution in [0.5, 0.6) is 0 Å². The molecular formula is C26H34N4O12S3. The number of rotatable bonds is 7. The van der Waals surface area contributed by atoms with Crippen molar-refractivity contribution in [1.82, 2.24) is 15.1 Å². The molecular weight excluding hydrogens is 657 g/mol. The minimum absolute atomic E-state index is 0.191. The maximum Gasteiger partial charge on any atom is 0.333 e. The lowest BCUT2D eigenvalue weighted by molar-refractivity contribution is -0.181. The summed E-state index contributed by atoms with van der Waals surface area (Å²) in [6.45, 7) is 5.37. The largest absolute Gasteiger partial charge is 0.426 e. The van der Waals surface area contributed by atoms with Gasteiger partial charge < -0.3 is 30.3 Å². The number of carbonyl (C=O) groups is 5. The summed E-state index contributed by atoms with van der Waals surface area (Å²) >= 11 is 1.31. The Kier molecular flexibility index (Phi) is 9.10. The van der Waals surface area contributed by atoms with Crippen LogP contribution in [0.25, 0.3) is 0 Å². The van der Waals surface area contributed by atoms with Crippen LogP contribution in [0.3, 0.4) is 0 Å². The molecule has 4 aliphatic heterocycles. The molecule has 19 heteroatoms. The topological polar surface area (TPSA) is 237 Å². The monoisotopic (exact) mass is 690 g/mol. The number of nitrogens with two attached hydrogens (primary N) is 1. The van der Waals surface area contributed by atoms with Crippen molar-refractivity contribution in [1.29, 1.82) is 0 Å². The second-order valence-electron chi connectivity index (χ2n) is 11.9. The Morgan fingerprint density at radius 1 is 1.07 bits per heavy atom. The Labute approximate surface area is 264 Å². The van der Waals surface area contributed by atoms with Gasteiger partial charge >= 0.3 is 11.9 Å². The summed E-state index contributed by atoms with van der Waals surface area (Å²) < 4.78 is 59.2. The fraction of sp³-hybridized carbons (Fsp3) is 0.577. The van der Waals surface area contributed by atoms with Gasteiger partial charge in [-0.05, 0) is 33.3 Å². The van der Waals surface area contributed by atoms with Gasteiger partial charge in [0.2, 0.25) is 24.5 Å². The van der Waals surface area contributed by atoms with Crippen LogP contribution in [0.4, 0.5) is 0 Å². The molecule has 4 fully saturated rings. The average Bonchev–Trinajstić information content (AvgIpc) is 3.25. The molecule has 4 N–H and O–H groups in total. The van der Waals surface area contributed by atoms with E-state index >= 15 is 0 Å². The third-order valence-electron chi connectivity index (χ3n) is 8.00. The zero-order valence-corrected chi connectivity index (χ0v) is 27.3. The predicted octanol–water partition coefficient (Wildman–Crippen LogP) is -1.08. The highest BCUT2D eigenvalue weighted by Gasteiger charge is 2.68. The van der Waals surface area contributed by atoms with E-state index in [-0.39, 0.29) is 6.42 Å². The minimum atomic E-state index is -3.80. The molecule has 0 saturated carbocycles. The van der Waals surface area contributed by atoms with E-state index in [4.69, 9.17) is 19.8 Å². The molecule has 0 radical (unpaired) electrons. The molecule has 6 atom stereocenters. The minimum Gasteiger partial charge on any atom is -0.426 e. The van der Waals surface area contributed by atoms with Crippen LogP contribution in [-0.4, -0.2) is 112 Å². The smallest absolute Gasteiger partial charge is 0.333 e. The third-order valence-corrected chi connectivity index (χ3v) is 12.4. The summed E-state index contributed by atoms with van der Waals surface area (Å²) in [6, 6.07) is 4.45. The van der Waals surface area contributed by atoms with Gasteiger partial charge in [0.25, 0.3) is 10.1 Å². The predicted molar refractivity (Wildman–Crippen MR) is 158 cm³/mol. The number of hydrogen-bond acceptors (Lipinski definition) is 13. The Hall–Kier alpha value is -3.26. The number of nitrogens with one attached hydrogen (secondary N) is 1. The van der Waals surface area contributed by atoms with Gasteiger partial charge in [0.1, 0.15) is 34.9 Å². The number of sulfone groups is 1. The number of hydrogen-bond donors (Lipinski definition) is 3. The second-order valence-corrected chi connectivity index (χ2v) is 17.8. The van der Waals surface area contributed by atoms with Crippen LogP contribution in [-0.2, 0) is 53.4 Å². The summed E-state index contributed by atoms with van der Waals surface area (Å²) in [4.78, 5) is 65.9. The first kappa shape index (κ1) is 34.6. The number of ether oxygens (including phenoxy) is 2. The van der Waals surface area contributed by atoms with Crippen LogP contribution in [0.2, 0.25) is 0 Å². The molecule has 4 saturated heterocycles. The van der Waals surface area contributed by atoms with Crippen LogP contribution in [0.1, 0.15) is 45.7 Å².